The number of hydrogen-bond acceptors (Lipinski definition) is 3. The Kier molecular flexibility index (Phi) is 3.45. The molecule has 0 spiro atoms. The highest BCUT2D eigenvalue weighted by Crippen LogP contribution is 2.31. The monoisotopic (exact) mass is 271 g/mol. The van der Waals surface area contributed by atoms with E-state index in [-0.39, 0.29) is 0 Å². The Labute approximate surface area is 108 Å². The summed E-state index contributed by atoms with van der Waals surface area (Å²) in [6.45, 7) is 0. The maximum absolute atomic E-state index is 13.1. The summed E-state index contributed by atoms with van der Waals surface area (Å²) < 4.78 is 13.1. The van der Waals surface area contributed by atoms with Gasteiger partial charge in [0.15, 0.2) is 0 Å². The number of anilines is 1. The quantitative estimate of drug-likeness (QED) is 0.907. The molecule has 0 saturated heterocycles. The summed E-state index contributed by atoms with van der Waals surface area (Å²) in [6.07, 6.45) is 2.61. The fourth-order valence-corrected chi connectivity index (χ4v) is 1.95. The number of halogens is 3. The molecule has 0 saturated carbocycles. The normalized spacial score (nSPS) is 10.4. The summed E-state index contributed by atoms with van der Waals surface area (Å²) in [5.41, 5.74) is 0.940. The average molecular weight is 272 g/mol. The van der Waals surface area contributed by atoms with Gasteiger partial charge in [-0.2, -0.15) is 0 Å². The first-order chi connectivity index (χ1) is 8.11. The van der Waals surface area contributed by atoms with Crippen LogP contribution in [0.4, 0.5) is 10.2 Å². The molecule has 17 heavy (non-hydrogen) atoms. The molecular weight excluding hydrogens is 264 g/mol. The van der Waals surface area contributed by atoms with Gasteiger partial charge in [-0.1, -0.05) is 23.2 Å². The molecule has 3 nitrogen and oxygen atoms in total. The van der Waals surface area contributed by atoms with E-state index in [1.54, 1.807) is 13.1 Å². The molecule has 0 aliphatic rings. The van der Waals surface area contributed by atoms with Crippen molar-refractivity contribution in [1.82, 2.24) is 9.97 Å². The van der Waals surface area contributed by atoms with Crippen LogP contribution >= 0.6 is 23.2 Å². The largest absolute Gasteiger partial charge is 0.372 e. The number of nitrogens with zero attached hydrogens (tertiary/aromatic N) is 2. The van der Waals surface area contributed by atoms with Crippen molar-refractivity contribution >= 4 is 29.0 Å². The predicted molar refractivity (Wildman–Crippen MR) is 67.0 cm³/mol. The molecule has 0 aliphatic heterocycles. The molecular formula is C11H8Cl2FN3. The fraction of sp³-hybridized carbons (Fsp3) is 0.0909. The highest BCUT2D eigenvalue weighted by atomic mass is 35.5. The van der Waals surface area contributed by atoms with Gasteiger partial charge in [-0.25, -0.2) is 9.37 Å². The van der Waals surface area contributed by atoms with E-state index >= 15 is 0 Å². The Balaban J connectivity index is 2.59. The SMILES string of the molecule is CNc1nc(-c2cncc(F)c2)c(Cl)cc1Cl. The number of nitrogens with one attached hydrogen (secondary N) is 1. The molecule has 0 aliphatic carbocycles. The third-order valence-electron chi connectivity index (χ3n) is 2.14. The van der Waals surface area contributed by atoms with Crippen LogP contribution < -0.4 is 5.32 Å². The lowest BCUT2D eigenvalue weighted by molar-refractivity contribution is 0.622. The van der Waals surface area contributed by atoms with Gasteiger partial charge in [0.2, 0.25) is 0 Å². The van der Waals surface area contributed by atoms with Crippen LogP contribution in [0.2, 0.25) is 10.0 Å². The molecule has 0 atom stereocenters. The molecule has 1 N–H and O–H groups in total. The Hall–Kier alpha value is -1.39. The van der Waals surface area contributed by atoms with Crippen molar-refractivity contribution in [1.29, 1.82) is 0 Å². The van der Waals surface area contributed by atoms with E-state index in [0.29, 0.717) is 27.1 Å². The maximum Gasteiger partial charge on any atom is 0.145 e. The molecule has 6 heteroatoms. The Morgan fingerprint density at radius 3 is 2.59 bits per heavy atom. The van der Waals surface area contributed by atoms with Gasteiger partial charge in [0, 0.05) is 18.8 Å². The van der Waals surface area contributed by atoms with Crippen molar-refractivity contribution in [3.63, 3.8) is 0 Å². The van der Waals surface area contributed by atoms with Gasteiger partial charge in [0.1, 0.15) is 11.6 Å². The summed E-state index contributed by atoms with van der Waals surface area (Å²) in [7, 11) is 1.69. The van der Waals surface area contributed by atoms with E-state index in [2.05, 4.69) is 15.3 Å². The van der Waals surface area contributed by atoms with Gasteiger partial charge in [-0.15, -0.1) is 0 Å². The summed E-state index contributed by atoms with van der Waals surface area (Å²) >= 11 is 11.9. The van der Waals surface area contributed by atoms with Gasteiger partial charge in [-0.05, 0) is 12.1 Å². The maximum atomic E-state index is 13.1. The first kappa shape index (κ1) is 12.1. The van der Waals surface area contributed by atoms with Crippen molar-refractivity contribution in [2.75, 3.05) is 12.4 Å². The van der Waals surface area contributed by atoms with Crippen molar-refractivity contribution < 1.29 is 4.39 Å². The summed E-state index contributed by atoms with van der Waals surface area (Å²) in [5, 5.41) is 3.59. The smallest absolute Gasteiger partial charge is 0.145 e. The van der Waals surface area contributed by atoms with Crippen molar-refractivity contribution in [2.45, 2.75) is 0 Å². The van der Waals surface area contributed by atoms with Crippen LogP contribution in [0.3, 0.4) is 0 Å². The third-order valence-corrected chi connectivity index (χ3v) is 2.72. The fourth-order valence-electron chi connectivity index (χ4n) is 1.39. The predicted octanol–water partition coefficient (Wildman–Crippen LogP) is 3.63. The van der Waals surface area contributed by atoms with Crippen molar-refractivity contribution in [3.8, 4) is 11.3 Å². The molecule has 0 bridgehead atoms. The molecule has 0 fully saturated rings. The van der Waals surface area contributed by atoms with Crippen LogP contribution in [0.15, 0.2) is 24.5 Å². The van der Waals surface area contributed by atoms with E-state index in [1.165, 1.54) is 12.3 Å². The van der Waals surface area contributed by atoms with E-state index in [4.69, 9.17) is 23.2 Å². The van der Waals surface area contributed by atoms with Gasteiger partial charge in [0.05, 0.1) is 21.9 Å². The van der Waals surface area contributed by atoms with E-state index in [9.17, 15) is 4.39 Å². The van der Waals surface area contributed by atoms with Gasteiger partial charge in [0.25, 0.3) is 0 Å². The molecule has 0 radical (unpaired) electrons. The zero-order valence-corrected chi connectivity index (χ0v) is 10.3. The molecule has 88 valence electrons. The molecule has 2 aromatic heterocycles. The molecule has 2 heterocycles. The molecule has 2 rings (SSSR count). The van der Waals surface area contributed by atoms with Crippen LogP contribution in [-0.4, -0.2) is 17.0 Å². The van der Waals surface area contributed by atoms with Crippen LogP contribution in [0, 0.1) is 5.82 Å². The summed E-state index contributed by atoms with van der Waals surface area (Å²) in [5.74, 6) is 0.0386. The van der Waals surface area contributed by atoms with Crippen LogP contribution in [0.5, 0.6) is 0 Å². The lowest BCUT2D eigenvalue weighted by Gasteiger charge is -2.08. The zero-order valence-electron chi connectivity index (χ0n) is 8.84. The van der Waals surface area contributed by atoms with Crippen molar-refractivity contribution in [2.24, 2.45) is 0 Å². The van der Waals surface area contributed by atoms with Crippen LogP contribution in [0.1, 0.15) is 0 Å². The Bertz CT molecular complexity index is 560. The van der Waals surface area contributed by atoms with Crippen molar-refractivity contribution in [3.05, 3.63) is 40.4 Å². The number of rotatable bonds is 2. The Morgan fingerprint density at radius 2 is 1.94 bits per heavy atom. The minimum Gasteiger partial charge on any atom is -0.372 e. The first-order valence-corrected chi connectivity index (χ1v) is 5.52. The molecule has 2 aromatic rings. The highest BCUT2D eigenvalue weighted by Gasteiger charge is 2.11. The Morgan fingerprint density at radius 1 is 1.18 bits per heavy atom. The van der Waals surface area contributed by atoms with Gasteiger partial charge < -0.3 is 5.32 Å². The van der Waals surface area contributed by atoms with Crippen LogP contribution in [-0.2, 0) is 0 Å². The molecule has 0 unspecified atom stereocenters. The number of hydrogen-bond donors (Lipinski definition) is 1. The standard InChI is InChI=1S/C11H8Cl2FN3/c1-15-11-9(13)3-8(12)10(17-11)6-2-7(14)5-16-4-6/h2-5H,1H3,(H,15,17). The number of aromatic nitrogens is 2. The summed E-state index contributed by atoms with van der Waals surface area (Å²) in [4.78, 5) is 7.97. The van der Waals surface area contributed by atoms with E-state index in [1.807, 2.05) is 0 Å². The second-order valence-corrected chi connectivity index (χ2v) is 4.11. The lowest BCUT2D eigenvalue weighted by Crippen LogP contribution is -1.96. The van der Waals surface area contributed by atoms with E-state index in [0.717, 1.165) is 6.20 Å². The molecule has 0 aromatic carbocycles. The topological polar surface area (TPSA) is 37.8 Å². The van der Waals surface area contributed by atoms with Crippen LogP contribution in [0.25, 0.3) is 11.3 Å². The second kappa shape index (κ2) is 4.85. The van der Waals surface area contributed by atoms with Gasteiger partial charge >= 0.3 is 0 Å². The minimum absolute atomic E-state index is 0.349. The van der Waals surface area contributed by atoms with Gasteiger partial charge in [-0.3, -0.25) is 4.98 Å². The van der Waals surface area contributed by atoms with E-state index < -0.39 is 5.82 Å². The zero-order chi connectivity index (χ0) is 12.4. The summed E-state index contributed by atoms with van der Waals surface area (Å²) in [6, 6.07) is 2.87. The molecule has 0 amide bonds. The second-order valence-electron chi connectivity index (χ2n) is 3.29. The third kappa shape index (κ3) is 2.48. The minimum atomic E-state index is -0.443. The average Bonchev–Trinajstić information content (AvgIpc) is 2.29. The highest BCUT2D eigenvalue weighted by molar-refractivity contribution is 6.37. The first-order valence-electron chi connectivity index (χ1n) is 4.76. The number of pyridine rings is 2. The lowest BCUT2D eigenvalue weighted by atomic mass is 10.2.